The number of rotatable bonds is 0. The van der Waals surface area contributed by atoms with Crippen molar-refractivity contribution in [3.05, 3.63) is 0 Å². The van der Waals surface area contributed by atoms with E-state index < -0.39 is 0 Å². The Bertz CT molecular complexity index is 182. The Kier molecular flexibility index (Phi) is 1.68. The minimum atomic E-state index is 0.142. The summed E-state index contributed by atoms with van der Waals surface area (Å²) in [6, 6.07) is 0. The van der Waals surface area contributed by atoms with E-state index in [4.69, 9.17) is 0 Å². The highest BCUT2D eigenvalue weighted by molar-refractivity contribution is 5.15. The summed E-state index contributed by atoms with van der Waals surface area (Å²) in [5, 5.41) is 14.5. The van der Waals surface area contributed by atoms with E-state index in [0.29, 0.717) is 0 Å². The van der Waals surface area contributed by atoms with Crippen molar-refractivity contribution >= 4 is 0 Å². The van der Waals surface area contributed by atoms with E-state index in [1.807, 2.05) is 0 Å². The van der Waals surface area contributed by atoms with Gasteiger partial charge in [0.15, 0.2) is 0 Å². The van der Waals surface area contributed by atoms with Gasteiger partial charge >= 0.3 is 0 Å². The number of hydrogen-bond donors (Lipinski definition) is 4. The molecule has 13 heavy (non-hydrogen) atoms. The summed E-state index contributed by atoms with van der Waals surface area (Å²) in [6.07, 6.45) is 5.16. The zero-order valence-electron chi connectivity index (χ0n) is 7.95. The Morgan fingerprint density at radius 3 is 1.77 bits per heavy atom. The molecule has 0 amide bonds. The minimum Gasteiger partial charge on any atom is -0.295 e. The molecule has 0 aromatic carbocycles. The van der Waals surface area contributed by atoms with Gasteiger partial charge in [0.25, 0.3) is 0 Å². The fourth-order valence-corrected chi connectivity index (χ4v) is 3.19. The first-order chi connectivity index (χ1) is 6.37. The van der Waals surface area contributed by atoms with Crippen LogP contribution in [0.3, 0.4) is 0 Å². The van der Waals surface area contributed by atoms with E-state index in [-0.39, 0.29) is 11.3 Å². The van der Waals surface area contributed by atoms with Crippen LogP contribution >= 0.6 is 0 Å². The van der Waals surface area contributed by atoms with Crippen molar-refractivity contribution in [3.8, 4) is 0 Å². The van der Waals surface area contributed by atoms with Crippen molar-refractivity contribution in [3.63, 3.8) is 0 Å². The predicted octanol–water partition coefficient (Wildman–Crippen LogP) is -0.704. The fourth-order valence-electron chi connectivity index (χ4n) is 3.19. The Morgan fingerprint density at radius 1 is 0.692 bits per heavy atom. The van der Waals surface area contributed by atoms with Gasteiger partial charge in [0, 0.05) is 19.8 Å². The van der Waals surface area contributed by atoms with Crippen LogP contribution in [0.2, 0.25) is 0 Å². The molecule has 74 valence electrons. The summed E-state index contributed by atoms with van der Waals surface area (Å²) in [6.45, 7) is 3.09. The van der Waals surface area contributed by atoms with Crippen molar-refractivity contribution < 1.29 is 0 Å². The van der Waals surface area contributed by atoms with Crippen LogP contribution in [0, 0.1) is 0 Å². The maximum atomic E-state index is 3.65. The molecule has 4 heteroatoms. The lowest BCUT2D eigenvalue weighted by Gasteiger charge is -2.52. The van der Waals surface area contributed by atoms with Gasteiger partial charge in [-0.2, -0.15) is 0 Å². The summed E-state index contributed by atoms with van der Waals surface area (Å²) in [5.41, 5.74) is 0.285. The molecular weight excluding hydrogens is 164 g/mol. The second-order valence-corrected chi connectivity index (χ2v) is 4.40. The molecule has 0 radical (unpaired) electrons. The molecule has 0 spiro atoms. The lowest BCUT2D eigenvalue weighted by atomic mass is 9.78. The molecular formula is C9H18N4. The van der Waals surface area contributed by atoms with Crippen molar-refractivity contribution in [1.82, 2.24) is 21.3 Å². The molecule has 1 aliphatic carbocycles. The molecule has 3 fully saturated rings. The SMILES string of the molecule is C1CC[C@]23NCCN[C@@]2(C1)NCN3. The first kappa shape index (κ1) is 8.17. The summed E-state index contributed by atoms with van der Waals surface area (Å²) in [5.74, 6) is 0. The van der Waals surface area contributed by atoms with Gasteiger partial charge in [-0.05, 0) is 12.8 Å². The quantitative estimate of drug-likeness (QED) is 0.400. The average molecular weight is 182 g/mol. The third-order valence-electron chi connectivity index (χ3n) is 3.84. The Balaban J connectivity index is 1.96. The van der Waals surface area contributed by atoms with Crippen molar-refractivity contribution in [2.75, 3.05) is 19.8 Å². The maximum Gasteiger partial charge on any atom is 0.102 e. The second kappa shape index (κ2) is 2.67. The van der Waals surface area contributed by atoms with E-state index in [1.54, 1.807) is 0 Å². The molecule has 2 atom stereocenters. The minimum absolute atomic E-state index is 0.142. The van der Waals surface area contributed by atoms with E-state index in [1.165, 1.54) is 25.7 Å². The van der Waals surface area contributed by atoms with Crippen molar-refractivity contribution in [2.24, 2.45) is 0 Å². The predicted molar refractivity (Wildman–Crippen MR) is 51.1 cm³/mol. The third-order valence-corrected chi connectivity index (χ3v) is 3.84. The van der Waals surface area contributed by atoms with Crippen LogP contribution in [0.4, 0.5) is 0 Å². The molecule has 2 saturated heterocycles. The van der Waals surface area contributed by atoms with Crippen molar-refractivity contribution in [2.45, 2.75) is 37.0 Å². The molecule has 4 nitrogen and oxygen atoms in total. The zero-order valence-corrected chi connectivity index (χ0v) is 7.95. The van der Waals surface area contributed by atoms with Gasteiger partial charge < -0.3 is 0 Å². The lowest BCUT2D eigenvalue weighted by molar-refractivity contribution is 0.0480. The summed E-state index contributed by atoms with van der Waals surface area (Å²) in [4.78, 5) is 0. The van der Waals surface area contributed by atoms with Crippen LogP contribution in [-0.4, -0.2) is 31.1 Å². The van der Waals surface area contributed by atoms with Crippen LogP contribution in [-0.2, 0) is 0 Å². The molecule has 0 aromatic heterocycles. The molecule has 3 rings (SSSR count). The van der Waals surface area contributed by atoms with Gasteiger partial charge in [0.2, 0.25) is 0 Å². The van der Waals surface area contributed by atoms with Crippen LogP contribution in [0.15, 0.2) is 0 Å². The van der Waals surface area contributed by atoms with E-state index in [9.17, 15) is 0 Å². The summed E-state index contributed by atoms with van der Waals surface area (Å²) >= 11 is 0. The first-order valence-corrected chi connectivity index (χ1v) is 5.37. The Hall–Kier alpha value is -0.160. The van der Waals surface area contributed by atoms with E-state index in [2.05, 4.69) is 21.3 Å². The summed E-state index contributed by atoms with van der Waals surface area (Å²) < 4.78 is 0. The van der Waals surface area contributed by atoms with Gasteiger partial charge in [-0.25, -0.2) is 0 Å². The van der Waals surface area contributed by atoms with Gasteiger partial charge in [-0.15, -0.1) is 0 Å². The maximum absolute atomic E-state index is 3.65. The number of hydrogen-bond acceptors (Lipinski definition) is 4. The molecule has 3 aliphatic rings. The van der Waals surface area contributed by atoms with Gasteiger partial charge in [0.05, 0.1) is 0 Å². The highest BCUT2D eigenvalue weighted by Gasteiger charge is 2.56. The lowest BCUT2D eigenvalue weighted by Crippen LogP contribution is -2.79. The van der Waals surface area contributed by atoms with Crippen LogP contribution in [0.25, 0.3) is 0 Å². The average Bonchev–Trinajstić information content (AvgIpc) is 2.56. The third kappa shape index (κ3) is 0.944. The van der Waals surface area contributed by atoms with Gasteiger partial charge in [0.1, 0.15) is 11.3 Å². The van der Waals surface area contributed by atoms with E-state index >= 15 is 0 Å². The monoisotopic (exact) mass is 182 g/mol. The van der Waals surface area contributed by atoms with Crippen LogP contribution < -0.4 is 21.3 Å². The topological polar surface area (TPSA) is 48.1 Å². The van der Waals surface area contributed by atoms with E-state index in [0.717, 1.165) is 19.8 Å². The normalized spacial score (nSPS) is 49.8. The largest absolute Gasteiger partial charge is 0.295 e. The smallest absolute Gasteiger partial charge is 0.102 e. The highest BCUT2D eigenvalue weighted by atomic mass is 15.5. The molecule has 0 unspecified atom stereocenters. The molecule has 0 aromatic rings. The standard InChI is InChI=1S/C9H18N4/c1-2-4-9-8(3-1,12-7-13-9)10-5-6-11-9/h10-13H,1-7H2/t8-,9+. The molecule has 4 N–H and O–H groups in total. The number of piperazine rings is 1. The molecule has 2 heterocycles. The molecule has 1 saturated carbocycles. The molecule has 0 bridgehead atoms. The number of nitrogens with one attached hydrogen (secondary N) is 4. The Morgan fingerprint density at radius 2 is 1.23 bits per heavy atom. The first-order valence-electron chi connectivity index (χ1n) is 5.37. The van der Waals surface area contributed by atoms with Crippen LogP contribution in [0.5, 0.6) is 0 Å². The van der Waals surface area contributed by atoms with Crippen LogP contribution in [0.1, 0.15) is 25.7 Å². The van der Waals surface area contributed by atoms with Gasteiger partial charge in [-0.3, -0.25) is 21.3 Å². The second-order valence-electron chi connectivity index (χ2n) is 4.40. The zero-order chi connectivity index (χ0) is 8.78. The van der Waals surface area contributed by atoms with Crippen molar-refractivity contribution in [1.29, 1.82) is 0 Å². The summed E-state index contributed by atoms with van der Waals surface area (Å²) in [7, 11) is 0. The molecule has 2 aliphatic heterocycles. The highest BCUT2D eigenvalue weighted by Crippen LogP contribution is 2.37. The Labute approximate surface area is 78.8 Å². The van der Waals surface area contributed by atoms with Gasteiger partial charge in [-0.1, -0.05) is 12.8 Å². The fraction of sp³-hybridized carbons (Fsp3) is 1.00.